The highest BCUT2D eigenvalue weighted by atomic mass is 16.7. The third-order valence-electron chi connectivity index (χ3n) is 3.21. The number of aldehydes is 2. The van der Waals surface area contributed by atoms with Crippen molar-refractivity contribution in [3.8, 4) is 0 Å². The van der Waals surface area contributed by atoms with Crippen molar-refractivity contribution in [1.29, 1.82) is 0 Å². The number of carbonyl (C=O) groups is 4. The molecule has 1 aliphatic carbocycles. The zero-order valence-corrected chi connectivity index (χ0v) is 14.8. The summed E-state index contributed by atoms with van der Waals surface area (Å²) in [5.74, 6) is -1.16. The van der Waals surface area contributed by atoms with Crippen molar-refractivity contribution in [2.75, 3.05) is 20.8 Å². The molecular formula is C16H29NO6. The summed E-state index contributed by atoms with van der Waals surface area (Å²) in [5.41, 5.74) is -1.07. The lowest BCUT2D eigenvalue weighted by Gasteiger charge is -2.34. The van der Waals surface area contributed by atoms with Gasteiger partial charge in [-0.05, 0) is 19.8 Å². The summed E-state index contributed by atoms with van der Waals surface area (Å²) in [6.07, 6.45) is 3.00. The first kappa shape index (κ1) is 23.5. The molecule has 1 fully saturated rings. The van der Waals surface area contributed by atoms with E-state index in [9.17, 15) is 19.2 Å². The van der Waals surface area contributed by atoms with Gasteiger partial charge in [-0.2, -0.15) is 5.06 Å². The predicted octanol–water partition coefficient (Wildman–Crippen LogP) is 1.93. The van der Waals surface area contributed by atoms with Gasteiger partial charge >= 0.3 is 5.97 Å². The quantitative estimate of drug-likeness (QED) is 0.420. The second kappa shape index (κ2) is 13.9. The van der Waals surface area contributed by atoms with Crippen LogP contribution in [0.4, 0.5) is 0 Å². The highest BCUT2D eigenvalue weighted by Gasteiger charge is 2.46. The van der Waals surface area contributed by atoms with E-state index < -0.39 is 17.3 Å². The van der Waals surface area contributed by atoms with E-state index in [1.807, 2.05) is 20.8 Å². The molecular weight excluding hydrogens is 302 g/mol. The van der Waals surface area contributed by atoms with Crippen molar-refractivity contribution in [2.45, 2.75) is 52.9 Å². The van der Waals surface area contributed by atoms with Crippen LogP contribution in [0.25, 0.3) is 0 Å². The van der Waals surface area contributed by atoms with Gasteiger partial charge in [0.2, 0.25) is 0 Å². The Bertz CT molecular complexity index is 364. The average Bonchev–Trinajstić information content (AvgIpc) is 2.54. The first-order valence-corrected chi connectivity index (χ1v) is 7.85. The van der Waals surface area contributed by atoms with Gasteiger partial charge in [-0.3, -0.25) is 4.79 Å². The van der Waals surface area contributed by atoms with E-state index >= 15 is 0 Å². The van der Waals surface area contributed by atoms with Gasteiger partial charge in [0.15, 0.2) is 0 Å². The van der Waals surface area contributed by atoms with Crippen LogP contribution >= 0.6 is 0 Å². The van der Waals surface area contributed by atoms with Crippen LogP contribution in [-0.4, -0.2) is 50.3 Å². The lowest BCUT2D eigenvalue weighted by molar-refractivity contribution is -0.204. The largest absolute Gasteiger partial charge is 0.385 e. The van der Waals surface area contributed by atoms with Crippen molar-refractivity contribution >= 4 is 24.4 Å². The van der Waals surface area contributed by atoms with Crippen molar-refractivity contribution in [3.05, 3.63) is 0 Å². The van der Waals surface area contributed by atoms with Crippen LogP contribution in [0.15, 0.2) is 0 Å². The first-order valence-electron chi connectivity index (χ1n) is 7.85. The third-order valence-corrected chi connectivity index (χ3v) is 3.21. The number of carbonyl (C=O) groups excluding carboxylic acids is 4. The van der Waals surface area contributed by atoms with Gasteiger partial charge in [-0.1, -0.05) is 20.3 Å². The van der Waals surface area contributed by atoms with Crippen LogP contribution in [0.1, 0.15) is 52.9 Å². The fourth-order valence-electron chi connectivity index (χ4n) is 1.53. The molecule has 7 nitrogen and oxygen atoms in total. The first-order chi connectivity index (χ1) is 11.0. The van der Waals surface area contributed by atoms with Crippen molar-refractivity contribution in [3.63, 3.8) is 0 Å². The highest BCUT2D eigenvalue weighted by Crippen LogP contribution is 2.40. The highest BCUT2D eigenvalue weighted by molar-refractivity contribution is 5.94. The zero-order valence-electron chi connectivity index (χ0n) is 14.8. The van der Waals surface area contributed by atoms with E-state index in [2.05, 4.69) is 4.74 Å². The fraction of sp³-hybridized carbons (Fsp3) is 0.750. The standard InChI is InChI=1S/C11H15NO5.C3H8O.C2H6/c1-12(9(15)4-2-7-13)17-10(16)11(8-14)5-3-6-11;1-3-4-2;1-2/h7-8H,2-6H2,1H3;3H2,1-2H3;1-2H3. The fourth-order valence-corrected chi connectivity index (χ4v) is 1.53. The number of ether oxygens (including phenoxy) is 1. The van der Waals surface area contributed by atoms with E-state index in [-0.39, 0.29) is 12.8 Å². The van der Waals surface area contributed by atoms with Crippen molar-refractivity contribution in [1.82, 2.24) is 5.06 Å². The van der Waals surface area contributed by atoms with E-state index in [0.29, 0.717) is 25.4 Å². The van der Waals surface area contributed by atoms with Gasteiger partial charge in [0.05, 0.1) is 0 Å². The molecule has 0 unspecified atom stereocenters. The molecule has 134 valence electrons. The van der Waals surface area contributed by atoms with E-state index in [1.54, 1.807) is 7.11 Å². The average molecular weight is 331 g/mol. The molecule has 0 atom stereocenters. The Morgan fingerprint density at radius 2 is 1.74 bits per heavy atom. The summed E-state index contributed by atoms with van der Waals surface area (Å²) < 4.78 is 4.54. The van der Waals surface area contributed by atoms with Crippen LogP contribution < -0.4 is 0 Å². The minimum atomic E-state index is -1.07. The maximum atomic E-state index is 11.7. The molecule has 0 spiro atoms. The SMILES string of the molecule is CC.CCOC.CN(OC(=O)C1(C=O)CCC1)C(=O)CCC=O. The molecule has 0 saturated heterocycles. The molecule has 0 aliphatic heterocycles. The van der Waals surface area contributed by atoms with Crippen LogP contribution in [0.3, 0.4) is 0 Å². The Hall–Kier alpha value is -1.76. The van der Waals surface area contributed by atoms with Gasteiger partial charge in [-0.15, -0.1) is 0 Å². The Kier molecular flexibility index (Phi) is 14.2. The molecule has 0 radical (unpaired) electrons. The minimum absolute atomic E-state index is 0.0125. The minimum Gasteiger partial charge on any atom is -0.385 e. The molecule has 7 heteroatoms. The van der Waals surface area contributed by atoms with Crippen LogP contribution in [0.5, 0.6) is 0 Å². The monoisotopic (exact) mass is 331 g/mol. The molecule has 0 aromatic carbocycles. The maximum absolute atomic E-state index is 11.7. The number of methoxy groups -OCH3 is 1. The molecule has 23 heavy (non-hydrogen) atoms. The molecule has 0 heterocycles. The smallest absolute Gasteiger partial charge is 0.345 e. The second-order valence-electron chi connectivity index (χ2n) is 4.68. The third kappa shape index (κ3) is 8.44. The number of hydrogen-bond acceptors (Lipinski definition) is 6. The molecule has 0 N–H and O–H groups in total. The lowest BCUT2D eigenvalue weighted by atomic mass is 9.70. The van der Waals surface area contributed by atoms with Crippen molar-refractivity contribution < 1.29 is 28.8 Å². The van der Waals surface area contributed by atoms with Crippen LogP contribution in [0, 0.1) is 5.41 Å². The van der Waals surface area contributed by atoms with Crippen molar-refractivity contribution in [2.24, 2.45) is 5.41 Å². The van der Waals surface area contributed by atoms with Gasteiger partial charge in [0, 0.05) is 33.6 Å². The van der Waals surface area contributed by atoms with Crippen LogP contribution in [-0.2, 0) is 28.8 Å². The molecule has 0 aromatic heterocycles. The molecule has 1 rings (SSSR count). The Labute approximate surface area is 138 Å². The predicted molar refractivity (Wildman–Crippen MR) is 85.4 cm³/mol. The normalized spacial score (nSPS) is 13.8. The zero-order chi connectivity index (χ0) is 18.3. The summed E-state index contributed by atoms with van der Waals surface area (Å²) in [6, 6.07) is 0. The van der Waals surface area contributed by atoms with Gasteiger partial charge in [0.1, 0.15) is 18.0 Å². The Balaban J connectivity index is 0. The summed E-state index contributed by atoms with van der Waals surface area (Å²) in [5, 5.41) is 0.787. The molecule has 1 aliphatic rings. The maximum Gasteiger partial charge on any atom is 0.345 e. The van der Waals surface area contributed by atoms with E-state index in [4.69, 9.17) is 4.84 Å². The van der Waals surface area contributed by atoms with E-state index in [1.165, 1.54) is 7.05 Å². The Morgan fingerprint density at radius 1 is 1.22 bits per heavy atom. The number of hydroxylamine groups is 2. The molecule has 0 aromatic rings. The van der Waals surface area contributed by atoms with Gasteiger partial charge in [-0.25, -0.2) is 4.79 Å². The van der Waals surface area contributed by atoms with Gasteiger partial charge < -0.3 is 19.2 Å². The molecule has 1 amide bonds. The summed E-state index contributed by atoms with van der Waals surface area (Å²) >= 11 is 0. The number of amides is 1. The summed E-state index contributed by atoms with van der Waals surface area (Å²) in [7, 11) is 2.97. The number of rotatable bonds is 6. The topological polar surface area (TPSA) is 90.0 Å². The Morgan fingerprint density at radius 3 is 2.04 bits per heavy atom. The lowest BCUT2D eigenvalue weighted by Crippen LogP contribution is -2.44. The van der Waals surface area contributed by atoms with E-state index in [0.717, 1.165) is 18.1 Å². The van der Waals surface area contributed by atoms with Crippen LogP contribution in [0.2, 0.25) is 0 Å². The summed E-state index contributed by atoms with van der Waals surface area (Å²) in [6.45, 7) is 6.78. The summed E-state index contributed by atoms with van der Waals surface area (Å²) in [4.78, 5) is 48.7. The second-order valence-corrected chi connectivity index (χ2v) is 4.68. The number of hydrogen-bond donors (Lipinski definition) is 0. The number of nitrogens with zero attached hydrogens (tertiary/aromatic N) is 1. The molecule has 1 saturated carbocycles. The van der Waals surface area contributed by atoms with Gasteiger partial charge in [0.25, 0.3) is 5.91 Å². The molecule has 0 bridgehead atoms.